The molecule has 0 saturated carbocycles. The zero-order chi connectivity index (χ0) is 19.3. The number of benzene rings is 2. The van der Waals surface area contributed by atoms with E-state index in [2.05, 4.69) is 10.9 Å². The molecule has 0 aliphatic rings. The van der Waals surface area contributed by atoms with E-state index in [1.807, 2.05) is 19.9 Å². The number of hydrogen-bond donors (Lipinski definition) is 2. The number of rotatable bonds is 4. The summed E-state index contributed by atoms with van der Waals surface area (Å²) in [6.07, 6.45) is -0.824. The molecule has 0 radical (unpaired) electrons. The van der Waals surface area contributed by atoms with E-state index in [1.165, 1.54) is 24.3 Å². The van der Waals surface area contributed by atoms with Crippen molar-refractivity contribution in [2.75, 3.05) is 0 Å². The third-order valence-electron chi connectivity index (χ3n) is 3.66. The summed E-state index contributed by atoms with van der Waals surface area (Å²) in [7, 11) is 0. The Morgan fingerprint density at radius 2 is 1.69 bits per heavy atom. The number of halogens is 1. The highest BCUT2D eigenvalue weighted by molar-refractivity contribution is 6.30. The van der Waals surface area contributed by atoms with Gasteiger partial charge in [0.25, 0.3) is 11.8 Å². The molecule has 2 aromatic rings. The van der Waals surface area contributed by atoms with E-state index in [0.29, 0.717) is 21.9 Å². The zero-order valence-electron chi connectivity index (χ0n) is 14.6. The first-order chi connectivity index (χ1) is 12.3. The SMILES string of the molecule is Cc1cc(Cl)cc(C)c1OC(C)C(=O)NNC(=O)c1ccc(C#N)cc1. The molecule has 26 heavy (non-hydrogen) atoms. The fraction of sp³-hybridized carbons (Fsp3) is 0.211. The van der Waals surface area contributed by atoms with Crippen LogP contribution in [0.4, 0.5) is 0 Å². The molecule has 2 rings (SSSR count). The Kier molecular flexibility index (Phi) is 6.21. The predicted octanol–water partition coefficient (Wildman–Crippen LogP) is 3.06. The highest BCUT2D eigenvalue weighted by Gasteiger charge is 2.18. The molecule has 1 atom stereocenters. The summed E-state index contributed by atoms with van der Waals surface area (Å²) < 4.78 is 5.70. The lowest BCUT2D eigenvalue weighted by Crippen LogP contribution is -2.47. The van der Waals surface area contributed by atoms with Gasteiger partial charge in [0, 0.05) is 10.6 Å². The largest absolute Gasteiger partial charge is 0.480 e. The maximum Gasteiger partial charge on any atom is 0.279 e. The van der Waals surface area contributed by atoms with Crippen LogP contribution in [-0.2, 0) is 4.79 Å². The highest BCUT2D eigenvalue weighted by atomic mass is 35.5. The van der Waals surface area contributed by atoms with E-state index in [4.69, 9.17) is 21.6 Å². The molecule has 7 heteroatoms. The highest BCUT2D eigenvalue weighted by Crippen LogP contribution is 2.27. The number of carbonyl (C=O) groups excluding carboxylic acids is 2. The number of amides is 2. The van der Waals surface area contributed by atoms with E-state index in [-0.39, 0.29) is 0 Å². The number of nitrogens with one attached hydrogen (secondary N) is 2. The molecule has 0 aliphatic heterocycles. The van der Waals surface area contributed by atoms with E-state index in [9.17, 15) is 9.59 Å². The van der Waals surface area contributed by atoms with Crippen LogP contribution < -0.4 is 15.6 Å². The molecule has 6 nitrogen and oxygen atoms in total. The van der Waals surface area contributed by atoms with Crippen molar-refractivity contribution in [1.29, 1.82) is 5.26 Å². The van der Waals surface area contributed by atoms with Crippen LogP contribution in [0.15, 0.2) is 36.4 Å². The third-order valence-corrected chi connectivity index (χ3v) is 3.88. The topological polar surface area (TPSA) is 91.2 Å². The minimum absolute atomic E-state index is 0.322. The molecule has 0 fully saturated rings. The van der Waals surface area contributed by atoms with Crippen LogP contribution in [0.1, 0.15) is 34.0 Å². The summed E-state index contributed by atoms with van der Waals surface area (Å²) >= 11 is 5.98. The molecule has 1 unspecified atom stereocenters. The van der Waals surface area contributed by atoms with Crippen molar-refractivity contribution in [1.82, 2.24) is 10.9 Å². The first-order valence-electron chi connectivity index (χ1n) is 7.85. The van der Waals surface area contributed by atoms with Crippen LogP contribution in [0.5, 0.6) is 5.75 Å². The second-order valence-corrected chi connectivity index (χ2v) is 6.20. The van der Waals surface area contributed by atoms with Gasteiger partial charge in [-0.1, -0.05) is 11.6 Å². The van der Waals surface area contributed by atoms with Gasteiger partial charge in [-0.25, -0.2) is 0 Å². The van der Waals surface area contributed by atoms with Gasteiger partial charge >= 0.3 is 0 Å². The summed E-state index contributed by atoms with van der Waals surface area (Å²) in [5, 5.41) is 9.35. The number of hydrazine groups is 1. The number of nitrogens with zero attached hydrogens (tertiary/aromatic N) is 1. The zero-order valence-corrected chi connectivity index (χ0v) is 15.3. The lowest BCUT2D eigenvalue weighted by molar-refractivity contribution is -0.128. The van der Waals surface area contributed by atoms with Gasteiger partial charge in [0.05, 0.1) is 11.6 Å². The van der Waals surface area contributed by atoms with Crippen molar-refractivity contribution in [3.05, 3.63) is 63.7 Å². The second-order valence-electron chi connectivity index (χ2n) is 5.76. The molecular formula is C19H18ClN3O3. The Bertz CT molecular complexity index is 850. The van der Waals surface area contributed by atoms with Crippen molar-refractivity contribution in [2.24, 2.45) is 0 Å². The third kappa shape index (κ3) is 4.74. The molecule has 2 N–H and O–H groups in total. The maximum absolute atomic E-state index is 12.2. The first kappa shape index (κ1) is 19.3. The molecule has 2 amide bonds. The van der Waals surface area contributed by atoms with Crippen molar-refractivity contribution in [2.45, 2.75) is 26.9 Å². The molecule has 0 bridgehead atoms. The molecule has 134 valence electrons. The fourth-order valence-corrected chi connectivity index (χ4v) is 2.63. The van der Waals surface area contributed by atoms with Gasteiger partial charge in [0.1, 0.15) is 5.75 Å². The minimum Gasteiger partial charge on any atom is -0.480 e. The lowest BCUT2D eigenvalue weighted by atomic mass is 10.1. The summed E-state index contributed by atoms with van der Waals surface area (Å²) in [5.74, 6) is -0.412. The molecule has 2 aromatic carbocycles. The van der Waals surface area contributed by atoms with Crippen LogP contribution in [0.3, 0.4) is 0 Å². The van der Waals surface area contributed by atoms with E-state index >= 15 is 0 Å². The average molecular weight is 372 g/mol. The van der Waals surface area contributed by atoms with Crippen molar-refractivity contribution >= 4 is 23.4 Å². The average Bonchev–Trinajstić information content (AvgIpc) is 2.62. The number of ether oxygens (including phenoxy) is 1. The molecular weight excluding hydrogens is 354 g/mol. The predicted molar refractivity (Wildman–Crippen MR) is 97.8 cm³/mol. The van der Waals surface area contributed by atoms with Crippen LogP contribution in [0.2, 0.25) is 5.02 Å². The number of nitriles is 1. The van der Waals surface area contributed by atoms with Gasteiger partial charge in [0.15, 0.2) is 6.10 Å². The summed E-state index contributed by atoms with van der Waals surface area (Å²) in [6.45, 7) is 5.26. The second kappa shape index (κ2) is 8.37. The van der Waals surface area contributed by atoms with Crippen LogP contribution in [0, 0.1) is 25.2 Å². The standard InChI is InChI=1S/C19H18ClN3O3/c1-11-8-16(20)9-12(2)17(11)26-13(3)18(24)22-23-19(25)15-6-4-14(10-21)5-7-15/h4-9,13H,1-3H3,(H,22,24)(H,23,25). The summed E-state index contributed by atoms with van der Waals surface area (Å²) in [4.78, 5) is 24.2. The monoisotopic (exact) mass is 371 g/mol. The lowest BCUT2D eigenvalue weighted by Gasteiger charge is -2.18. The van der Waals surface area contributed by atoms with Crippen molar-refractivity contribution in [3.63, 3.8) is 0 Å². The Labute approximate surface area is 156 Å². The van der Waals surface area contributed by atoms with Crippen molar-refractivity contribution < 1.29 is 14.3 Å². The number of aryl methyl sites for hydroxylation is 2. The molecule has 0 saturated heterocycles. The molecule has 0 aliphatic carbocycles. The van der Waals surface area contributed by atoms with Gasteiger partial charge in [-0.3, -0.25) is 20.4 Å². The van der Waals surface area contributed by atoms with Gasteiger partial charge in [-0.05, 0) is 68.3 Å². The number of carbonyl (C=O) groups is 2. The maximum atomic E-state index is 12.2. The molecule has 0 aromatic heterocycles. The smallest absolute Gasteiger partial charge is 0.279 e. The van der Waals surface area contributed by atoms with Crippen LogP contribution >= 0.6 is 11.6 Å². The van der Waals surface area contributed by atoms with Crippen LogP contribution in [0.25, 0.3) is 0 Å². The first-order valence-corrected chi connectivity index (χ1v) is 8.23. The van der Waals surface area contributed by atoms with Gasteiger partial charge in [0.2, 0.25) is 0 Å². The Morgan fingerprint density at radius 1 is 1.12 bits per heavy atom. The minimum atomic E-state index is -0.824. The summed E-state index contributed by atoms with van der Waals surface area (Å²) in [6, 6.07) is 11.5. The molecule has 0 spiro atoms. The van der Waals surface area contributed by atoms with E-state index < -0.39 is 17.9 Å². The Hall–Kier alpha value is -3.04. The van der Waals surface area contributed by atoms with E-state index in [0.717, 1.165) is 11.1 Å². The quantitative estimate of drug-likeness (QED) is 0.808. The van der Waals surface area contributed by atoms with Gasteiger partial charge in [-0.15, -0.1) is 0 Å². The fourth-order valence-electron chi connectivity index (χ4n) is 2.30. The Balaban J connectivity index is 1.95. The summed E-state index contributed by atoms with van der Waals surface area (Å²) in [5.41, 5.74) is 7.04. The Morgan fingerprint density at radius 3 is 2.23 bits per heavy atom. The van der Waals surface area contributed by atoms with Crippen molar-refractivity contribution in [3.8, 4) is 11.8 Å². The van der Waals surface area contributed by atoms with Crippen LogP contribution in [-0.4, -0.2) is 17.9 Å². The molecule has 0 heterocycles. The van der Waals surface area contributed by atoms with Gasteiger partial charge in [-0.2, -0.15) is 5.26 Å². The van der Waals surface area contributed by atoms with Gasteiger partial charge < -0.3 is 4.74 Å². The van der Waals surface area contributed by atoms with E-state index in [1.54, 1.807) is 19.1 Å². The normalized spacial score (nSPS) is 11.2. The number of hydrogen-bond acceptors (Lipinski definition) is 4.